The number of aromatic amines is 1. The third-order valence-electron chi connectivity index (χ3n) is 4.85. The molecule has 2 aromatic rings. The number of likely N-dealkylation sites (tertiary alicyclic amines) is 1. The van der Waals surface area contributed by atoms with Gasteiger partial charge in [0, 0.05) is 18.7 Å². The monoisotopic (exact) mass is 328 g/mol. The van der Waals surface area contributed by atoms with Gasteiger partial charge in [-0.2, -0.15) is 4.98 Å². The van der Waals surface area contributed by atoms with Gasteiger partial charge >= 0.3 is 0 Å². The van der Waals surface area contributed by atoms with Crippen molar-refractivity contribution in [2.75, 3.05) is 19.7 Å². The number of aromatic nitrogens is 2. The van der Waals surface area contributed by atoms with E-state index in [0.717, 1.165) is 23.9 Å². The highest BCUT2D eigenvalue weighted by Crippen LogP contribution is 2.29. The minimum absolute atomic E-state index is 0.0318. The average molecular weight is 328 g/mol. The molecule has 1 aromatic carbocycles. The first-order valence-corrected chi connectivity index (χ1v) is 8.38. The Hall–Kier alpha value is -2.57. The van der Waals surface area contributed by atoms with Crippen molar-refractivity contribution in [2.24, 2.45) is 5.92 Å². The molecule has 0 unspecified atom stereocenters. The van der Waals surface area contributed by atoms with E-state index in [0.29, 0.717) is 31.3 Å². The first-order chi connectivity index (χ1) is 11.7. The number of H-pyrrole nitrogens is 1. The Morgan fingerprint density at radius 1 is 1.46 bits per heavy atom. The average Bonchev–Trinajstić information content (AvgIpc) is 3.17. The van der Waals surface area contributed by atoms with Crippen molar-refractivity contribution in [3.05, 3.63) is 23.8 Å². The molecule has 2 atom stereocenters. The molecule has 2 N–H and O–H groups in total. The molecule has 3 heterocycles. The van der Waals surface area contributed by atoms with Gasteiger partial charge in [-0.25, -0.2) is 0 Å². The van der Waals surface area contributed by atoms with Crippen molar-refractivity contribution >= 4 is 22.8 Å². The number of benzene rings is 1. The lowest BCUT2D eigenvalue weighted by molar-refractivity contribution is -0.123. The third-order valence-corrected chi connectivity index (χ3v) is 4.85. The van der Waals surface area contributed by atoms with Gasteiger partial charge in [-0.3, -0.25) is 9.59 Å². The molecule has 0 spiro atoms. The van der Waals surface area contributed by atoms with Crippen LogP contribution < -0.4 is 10.1 Å². The molecule has 0 aliphatic carbocycles. The van der Waals surface area contributed by atoms with E-state index in [2.05, 4.69) is 15.3 Å². The van der Waals surface area contributed by atoms with Gasteiger partial charge in [0.15, 0.2) is 0 Å². The minimum Gasteiger partial charge on any atom is -0.465 e. The normalized spacial score (nSPS) is 23.2. The Bertz CT molecular complexity index is 800. The molecule has 2 amide bonds. The van der Waals surface area contributed by atoms with Crippen molar-refractivity contribution < 1.29 is 14.3 Å². The summed E-state index contributed by atoms with van der Waals surface area (Å²) in [7, 11) is 0. The number of carbonyl (C=O) groups excluding carboxylic acids is 2. The SMILES string of the molecule is CCOc1nc2ccc(C(=O)N3CCC[C@H]4C(=O)NC[C@H]43)cc2[nH]1. The molecule has 2 aliphatic rings. The molecular formula is C17H20N4O3. The number of carbonyl (C=O) groups is 2. The van der Waals surface area contributed by atoms with Crippen LogP contribution in [0.15, 0.2) is 18.2 Å². The zero-order chi connectivity index (χ0) is 16.7. The Kier molecular flexibility index (Phi) is 3.63. The van der Waals surface area contributed by atoms with Crippen molar-refractivity contribution in [3.8, 4) is 6.01 Å². The molecule has 0 bridgehead atoms. The largest absolute Gasteiger partial charge is 0.465 e. The van der Waals surface area contributed by atoms with Crippen LogP contribution >= 0.6 is 0 Å². The number of hydrogen-bond acceptors (Lipinski definition) is 4. The van der Waals surface area contributed by atoms with Crippen LogP contribution in [0.3, 0.4) is 0 Å². The molecule has 2 saturated heterocycles. The molecule has 2 aliphatic heterocycles. The maximum absolute atomic E-state index is 12.9. The zero-order valence-corrected chi connectivity index (χ0v) is 13.5. The summed E-state index contributed by atoms with van der Waals surface area (Å²) in [5.74, 6) is -0.0262. The van der Waals surface area contributed by atoms with E-state index in [1.54, 1.807) is 12.1 Å². The summed E-state index contributed by atoms with van der Waals surface area (Å²) in [6.07, 6.45) is 1.72. The Labute approximate surface area is 139 Å². The second-order valence-electron chi connectivity index (χ2n) is 6.27. The van der Waals surface area contributed by atoms with E-state index in [9.17, 15) is 9.59 Å². The highest BCUT2D eigenvalue weighted by atomic mass is 16.5. The van der Waals surface area contributed by atoms with Gasteiger partial charge in [0.25, 0.3) is 11.9 Å². The number of nitrogens with zero attached hydrogens (tertiary/aromatic N) is 2. The molecule has 4 rings (SSSR count). The summed E-state index contributed by atoms with van der Waals surface area (Å²) in [5.41, 5.74) is 2.15. The molecule has 0 saturated carbocycles. The number of piperidine rings is 1. The van der Waals surface area contributed by atoms with Crippen molar-refractivity contribution in [1.82, 2.24) is 20.2 Å². The summed E-state index contributed by atoms with van der Waals surface area (Å²) >= 11 is 0. The maximum Gasteiger partial charge on any atom is 0.294 e. The highest BCUT2D eigenvalue weighted by molar-refractivity contribution is 5.98. The second-order valence-corrected chi connectivity index (χ2v) is 6.27. The van der Waals surface area contributed by atoms with Crippen LogP contribution in [0.4, 0.5) is 0 Å². The van der Waals surface area contributed by atoms with Crippen LogP contribution in [0.5, 0.6) is 6.01 Å². The molecule has 7 nitrogen and oxygen atoms in total. The number of amides is 2. The highest BCUT2D eigenvalue weighted by Gasteiger charge is 2.42. The first-order valence-electron chi connectivity index (χ1n) is 8.38. The van der Waals surface area contributed by atoms with Crippen molar-refractivity contribution in [1.29, 1.82) is 0 Å². The standard InChI is InChI=1S/C17H20N4O3/c1-2-24-17-19-12-6-5-10(8-13(12)20-17)16(23)21-7-3-4-11-14(21)9-18-15(11)22/h5-6,8,11,14H,2-4,7,9H2,1H3,(H,18,22)(H,19,20)/t11-,14-/m1/s1. The lowest BCUT2D eigenvalue weighted by atomic mass is 9.91. The fourth-order valence-corrected chi connectivity index (χ4v) is 3.69. The van der Waals surface area contributed by atoms with E-state index >= 15 is 0 Å². The van der Waals surface area contributed by atoms with Crippen LogP contribution in [-0.4, -0.2) is 52.4 Å². The predicted molar refractivity (Wildman–Crippen MR) is 87.8 cm³/mol. The number of hydrogen-bond donors (Lipinski definition) is 2. The molecule has 126 valence electrons. The Morgan fingerprint density at radius 2 is 2.33 bits per heavy atom. The van der Waals surface area contributed by atoms with Gasteiger partial charge in [0.05, 0.1) is 29.6 Å². The van der Waals surface area contributed by atoms with E-state index < -0.39 is 0 Å². The number of nitrogens with one attached hydrogen (secondary N) is 2. The number of imidazole rings is 1. The smallest absolute Gasteiger partial charge is 0.294 e. The van der Waals surface area contributed by atoms with E-state index in [4.69, 9.17) is 4.74 Å². The van der Waals surface area contributed by atoms with E-state index in [1.165, 1.54) is 0 Å². The lowest BCUT2D eigenvalue weighted by Crippen LogP contribution is -2.48. The number of fused-ring (bicyclic) bond motifs is 2. The van der Waals surface area contributed by atoms with Gasteiger partial charge in [-0.15, -0.1) is 0 Å². The minimum atomic E-state index is -0.0665. The van der Waals surface area contributed by atoms with Crippen LogP contribution in [0, 0.1) is 5.92 Å². The lowest BCUT2D eigenvalue weighted by Gasteiger charge is -2.36. The molecule has 1 aromatic heterocycles. The van der Waals surface area contributed by atoms with Crippen LogP contribution in [-0.2, 0) is 4.79 Å². The second kappa shape index (κ2) is 5.81. The van der Waals surface area contributed by atoms with Gasteiger partial charge in [-0.1, -0.05) is 0 Å². The topological polar surface area (TPSA) is 87.3 Å². The van der Waals surface area contributed by atoms with Crippen LogP contribution in [0.1, 0.15) is 30.1 Å². The van der Waals surface area contributed by atoms with E-state index in [1.807, 2.05) is 17.9 Å². The summed E-state index contributed by atoms with van der Waals surface area (Å²) in [6.45, 7) is 3.67. The number of ether oxygens (including phenoxy) is 1. The van der Waals surface area contributed by atoms with Gasteiger partial charge in [0.1, 0.15) is 0 Å². The Morgan fingerprint density at radius 3 is 3.17 bits per heavy atom. The van der Waals surface area contributed by atoms with Crippen LogP contribution in [0.2, 0.25) is 0 Å². The summed E-state index contributed by atoms with van der Waals surface area (Å²) in [6, 6.07) is 5.84. The van der Waals surface area contributed by atoms with Gasteiger partial charge < -0.3 is 19.9 Å². The predicted octanol–water partition coefficient (Wildman–Crippen LogP) is 1.31. The van der Waals surface area contributed by atoms with E-state index in [-0.39, 0.29) is 23.8 Å². The quantitative estimate of drug-likeness (QED) is 0.889. The summed E-state index contributed by atoms with van der Waals surface area (Å²) < 4.78 is 5.37. The Balaban J connectivity index is 1.61. The van der Waals surface area contributed by atoms with Crippen molar-refractivity contribution in [2.45, 2.75) is 25.8 Å². The summed E-state index contributed by atoms with van der Waals surface area (Å²) in [4.78, 5) is 34.1. The van der Waals surface area contributed by atoms with Crippen LogP contribution in [0.25, 0.3) is 11.0 Å². The van der Waals surface area contributed by atoms with Gasteiger partial charge in [-0.05, 0) is 38.0 Å². The molecule has 24 heavy (non-hydrogen) atoms. The number of rotatable bonds is 3. The van der Waals surface area contributed by atoms with Crippen molar-refractivity contribution in [3.63, 3.8) is 0 Å². The molecule has 7 heteroatoms. The third kappa shape index (κ3) is 2.40. The maximum atomic E-state index is 12.9. The molecule has 0 radical (unpaired) electrons. The zero-order valence-electron chi connectivity index (χ0n) is 13.5. The molecular weight excluding hydrogens is 308 g/mol. The summed E-state index contributed by atoms with van der Waals surface area (Å²) in [5, 5.41) is 2.88. The first kappa shape index (κ1) is 15.0. The fourth-order valence-electron chi connectivity index (χ4n) is 3.69. The van der Waals surface area contributed by atoms with Gasteiger partial charge in [0.2, 0.25) is 5.91 Å². The molecule has 2 fully saturated rings. The fraction of sp³-hybridized carbons (Fsp3) is 0.471.